The number of anilines is 1. The van der Waals surface area contributed by atoms with Crippen molar-refractivity contribution >= 4 is 5.82 Å². The third-order valence-corrected chi connectivity index (χ3v) is 3.00. The van der Waals surface area contributed by atoms with Crippen LogP contribution in [0.5, 0.6) is 0 Å². The van der Waals surface area contributed by atoms with Crippen LogP contribution in [0.4, 0.5) is 5.82 Å². The third kappa shape index (κ3) is 2.87. The lowest BCUT2D eigenvalue weighted by Gasteiger charge is -2.06. The van der Waals surface area contributed by atoms with Crippen LogP contribution in [-0.2, 0) is 11.2 Å². The van der Waals surface area contributed by atoms with Crippen LogP contribution in [-0.4, -0.2) is 18.7 Å². The van der Waals surface area contributed by atoms with Gasteiger partial charge in [0.2, 0.25) is 0 Å². The molecule has 3 heteroatoms. The van der Waals surface area contributed by atoms with E-state index in [1.807, 2.05) is 13.1 Å². The predicted molar refractivity (Wildman–Crippen MR) is 74.4 cm³/mol. The average molecular weight is 242 g/mol. The van der Waals surface area contributed by atoms with E-state index in [4.69, 9.17) is 10.5 Å². The minimum Gasteiger partial charge on any atom is -0.384 e. The van der Waals surface area contributed by atoms with E-state index in [-0.39, 0.29) is 0 Å². The van der Waals surface area contributed by atoms with Crippen molar-refractivity contribution in [3.8, 4) is 11.1 Å². The number of nitrogens with zero attached hydrogens (tertiary/aromatic N) is 1. The topological polar surface area (TPSA) is 48.1 Å². The van der Waals surface area contributed by atoms with Gasteiger partial charge < -0.3 is 10.5 Å². The molecule has 1 aromatic heterocycles. The largest absolute Gasteiger partial charge is 0.384 e. The highest BCUT2D eigenvalue weighted by molar-refractivity contribution is 5.65. The minimum absolute atomic E-state index is 0.593. The first-order chi connectivity index (χ1) is 8.70. The lowest BCUT2D eigenvalue weighted by atomic mass is 10.0. The first kappa shape index (κ1) is 12.6. The van der Waals surface area contributed by atoms with E-state index < -0.39 is 0 Å². The second-order valence-electron chi connectivity index (χ2n) is 4.37. The summed E-state index contributed by atoms with van der Waals surface area (Å²) in [5.41, 5.74) is 10.3. The number of aryl methyl sites for hydroxylation is 1. The summed E-state index contributed by atoms with van der Waals surface area (Å²) < 4.78 is 5.07. The number of ether oxygens (including phenoxy) is 1. The molecule has 1 aromatic carbocycles. The van der Waals surface area contributed by atoms with Crippen molar-refractivity contribution in [2.24, 2.45) is 0 Å². The van der Waals surface area contributed by atoms with Gasteiger partial charge in [0, 0.05) is 18.9 Å². The maximum atomic E-state index is 5.72. The van der Waals surface area contributed by atoms with E-state index in [0.717, 1.165) is 29.7 Å². The molecule has 0 fully saturated rings. The number of nitrogen functional groups attached to an aromatic ring is 1. The fraction of sp³-hybridized carbons (Fsp3) is 0.267. The number of aromatic nitrogens is 1. The van der Waals surface area contributed by atoms with Gasteiger partial charge in [-0.25, -0.2) is 4.98 Å². The van der Waals surface area contributed by atoms with E-state index in [0.29, 0.717) is 5.82 Å². The Labute approximate surface area is 108 Å². The van der Waals surface area contributed by atoms with Crippen molar-refractivity contribution in [3.05, 3.63) is 47.7 Å². The Morgan fingerprint density at radius 1 is 1.17 bits per heavy atom. The molecule has 0 aliphatic rings. The molecule has 0 atom stereocenters. The molecular weight excluding hydrogens is 224 g/mol. The molecule has 2 N–H and O–H groups in total. The zero-order valence-electron chi connectivity index (χ0n) is 10.8. The number of pyridine rings is 1. The molecule has 94 valence electrons. The summed E-state index contributed by atoms with van der Waals surface area (Å²) in [6.45, 7) is 2.72. The van der Waals surface area contributed by atoms with Crippen LogP contribution < -0.4 is 5.73 Å². The van der Waals surface area contributed by atoms with Gasteiger partial charge in [-0.3, -0.25) is 0 Å². The molecule has 0 radical (unpaired) electrons. The van der Waals surface area contributed by atoms with Gasteiger partial charge in [0.1, 0.15) is 5.82 Å². The Morgan fingerprint density at radius 3 is 2.50 bits per heavy atom. The molecular formula is C15H18N2O. The number of hydrogen-bond acceptors (Lipinski definition) is 3. The monoisotopic (exact) mass is 242 g/mol. The van der Waals surface area contributed by atoms with Crippen molar-refractivity contribution in [1.82, 2.24) is 4.98 Å². The zero-order valence-corrected chi connectivity index (χ0v) is 10.8. The smallest absolute Gasteiger partial charge is 0.126 e. The van der Waals surface area contributed by atoms with Crippen LogP contribution in [0.15, 0.2) is 36.5 Å². The molecule has 1 heterocycles. The summed E-state index contributed by atoms with van der Waals surface area (Å²) in [6.07, 6.45) is 2.75. The summed E-state index contributed by atoms with van der Waals surface area (Å²) in [5, 5.41) is 0. The van der Waals surface area contributed by atoms with Gasteiger partial charge in [0.05, 0.1) is 6.61 Å². The lowest BCUT2D eigenvalue weighted by molar-refractivity contribution is 0.202. The molecule has 2 aromatic rings. The summed E-state index contributed by atoms with van der Waals surface area (Å²) in [6, 6.07) is 10.5. The van der Waals surface area contributed by atoms with Gasteiger partial charge in [-0.1, -0.05) is 24.3 Å². The number of rotatable bonds is 4. The second-order valence-corrected chi connectivity index (χ2v) is 4.37. The van der Waals surface area contributed by atoms with E-state index in [9.17, 15) is 0 Å². The highest BCUT2D eigenvalue weighted by Crippen LogP contribution is 2.22. The van der Waals surface area contributed by atoms with Crippen LogP contribution in [0.2, 0.25) is 0 Å². The predicted octanol–water partition coefficient (Wildman–Crippen LogP) is 2.83. The lowest BCUT2D eigenvalue weighted by Crippen LogP contribution is -1.95. The standard InChI is InChI=1S/C15H18N2O/c1-11-9-14(10-17-15(11)16)13-5-3-12(4-6-13)7-8-18-2/h3-6,9-10H,7-8H2,1-2H3,(H2,16,17). The summed E-state index contributed by atoms with van der Waals surface area (Å²) in [4.78, 5) is 4.18. The van der Waals surface area contributed by atoms with Crippen molar-refractivity contribution in [2.75, 3.05) is 19.5 Å². The van der Waals surface area contributed by atoms with Gasteiger partial charge in [-0.05, 0) is 36.1 Å². The summed E-state index contributed by atoms with van der Waals surface area (Å²) in [7, 11) is 1.72. The van der Waals surface area contributed by atoms with Gasteiger partial charge in [0.15, 0.2) is 0 Å². The van der Waals surface area contributed by atoms with E-state index in [1.54, 1.807) is 7.11 Å². The molecule has 0 aliphatic carbocycles. The first-order valence-electron chi connectivity index (χ1n) is 6.01. The summed E-state index contributed by atoms with van der Waals surface area (Å²) >= 11 is 0. The highest BCUT2D eigenvalue weighted by Gasteiger charge is 2.01. The number of methoxy groups -OCH3 is 1. The van der Waals surface area contributed by atoms with Crippen molar-refractivity contribution in [3.63, 3.8) is 0 Å². The Bertz CT molecular complexity index is 521. The molecule has 18 heavy (non-hydrogen) atoms. The zero-order chi connectivity index (χ0) is 13.0. The molecule has 2 rings (SSSR count). The number of hydrogen-bond donors (Lipinski definition) is 1. The fourth-order valence-corrected chi connectivity index (χ4v) is 1.83. The van der Waals surface area contributed by atoms with Crippen LogP contribution in [0.3, 0.4) is 0 Å². The Morgan fingerprint density at radius 2 is 1.89 bits per heavy atom. The van der Waals surface area contributed by atoms with E-state index in [2.05, 4.69) is 35.3 Å². The van der Waals surface area contributed by atoms with Gasteiger partial charge in [-0.15, -0.1) is 0 Å². The van der Waals surface area contributed by atoms with Crippen LogP contribution in [0, 0.1) is 6.92 Å². The molecule has 0 bridgehead atoms. The Hall–Kier alpha value is -1.87. The Balaban J connectivity index is 2.20. The molecule has 3 nitrogen and oxygen atoms in total. The second kappa shape index (κ2) is 5.65. The van der Waals surface area contributed by atoms with Gasteiger partial charge in [0.25, 0.3) is 0 Å². The molecule has 0 aliphatic heterocycles. The van der Waals surface area contributed by atoms with Crippen molar-refractivity contribution in [1.29, 1.82) is 0 Å². The first-order valence-corrected chi connectivity index (χ1v) is 6.01. The number of benzene rings is 1. The maximum absolute atomic E-state index is 5.72. The van der Waals surface area contributed by atoms with Gasteiger partial charge in [-0.2, -0.15) is 0 Å². The van der Waals surface area contributed by atoms with Gasteiger partial charge >= 0.3 is 0 Å². The minimum atomic E-state index is 0.593. The number of nitrogens with two attached hydrogens (primary N) is 1. The normalized spacial score (nSPS) is 10.6. The SMILES string of the molecule is COCCc1ccc(-c2cnc(N)c(C)c2)cc1. The fourth-order valence-electron chi connectivity index (χ4n) is 1.83. The maximum Gasteiger partial charge on any atom is 0.126 e. The van der Waals surface area contributed by atoms with Crippen molar-refractivity contribution in [2.45, 2.75) is 13.3 Å². The molecule has 0 spiro atoms. The molecule has 0 saturated carbocycles. The molecule has 0 saturated heterocycles. The van der Waals surface area contributed by atoms with Crippen LogP contribution in [0.1, 0.15) is 11.1 Å². The average Bonchev–Trinajstić information content (AvgIpc) is 2.40. The van der Waals surface area contributed by atoms with E-state index >= 15 is 0 Å². The molecule has 0 amide bonds. The van der Waals surface area contributed by atoms with E-state index in [1.165, 1.54) is 5.56 Å². The Kier molecular flexibility index (Phi) is 3.95. The van der Waals surface area contributed by atoms with Crippen LogP contribution >= 0.6 is 0 Å². The van der Waals surface area contributed by atoms with Crippen LogP contribution in [0.25, 0.3) is 11.1 Å². The summed E-state index contributed by atoms with van der Waals surface area (Å²) in [5.74, 6) is 0.593. The molecule has 0 unspecified atom stereocenters. The van der Waals surface area contributed by atoms with Crippen molar-refractivity contribution < 1.29 is 4.74 Å². The third-order valence-electron chi connectivity index (χ3n) is 3.00. The highest BCUT2D eigenvalue weighted by atomic mass is 16.5. The quantitative estimate of drug-likeness (QED) is 0.896.